The van der Waals surface area contributed by atoms with E-state index >= 15 is 0 Å². The summed E-state index contributed by atoms with van der Waals surface area (Å²) in [6, 6.07) is 13.6. The van der Waals surface area contributed by atoms with Gasteiger partial charge in [-0.05, 0) is 48.2 Å². The smallest absolute Gasteiger partial charge is 0.227 e. The molecule has 1 aliphatic heterocycles. The SMILES string of the molecule is CC1=CC2C(=O)NCC2C(c2ccc(Cl)cc2)C1c1ccc(Cl)cc1Cl. The van der Waals surface area contributed by atoms with E-state index in [1.807, 2.05) is 24.3 Å². The third kappa shape index (κ3) is 3.05. The first kappa shape index (κ1) is 17.9. The van der Waals surface area contributed by atoms with Crippen molar-refractivity contribution in [2.45, 2.75) is 18.8 Å². The van der Waals surface area contributed by atoms with Crippen molar-refractivity contribution in [2.24, 2.45) is 11.8 Å². The number of hydrogen-bond acceptors (Lipinski definition) is 1. The Morgan fingerprint density at radius 1 is 1.00 bits per heavy atom. The summed E-state index contributed by atoms with van der Waals surface area (Å²) in [7, 11) is 0. The molecule has 1 aliphatic carbocycles. The van der Waals surface area contributed by atoms with Gasteiger partial charge in [-0.2, -0.15) is 0 Å². The molecule has 26 heavy (non-hydrogen) atoms. The number of fused-ring (bicyclic) bond motifs is 1. The van der Waals surface area contributed by atoms with Crippen molar-refractivity contribution >= 4 is 40.7 Å². The maximum atomic E-state index is 12.3. The van der Waals surface area contributed by atoms with E-state index in [2.05, 4.69) is 30.4 Å². The zero-order chi connectivity index (χ0) is 18.4. The van der Waals surface area contributed by atoms with Crippen LogP contribution in [0.5, 0.6) is 0 Å². The maximum absolute atomic E-state index is 12.3. The minimum Gasteiger partial charge on any atom is -0.355 e. The van der Waals surface area contributed by atoms with Gasteiger partial charge in [-0.1, -0.05) is 64.7 Å². The lowest BCUT2D eigenvalue weighted by molar-refractivity contribution is -0.121. The van der Waals surface area contributed by atoms with E-state index in [-0.39, 0.29) is 29.6 Å². The lowest BCUT2D eigenvalue weighted by atomic mass is 9.64. The van der Waals surface area contributed by atoms with Crippen molar-refractivity contribution in [3.63, 3.8) is 0 Å². The summed E-state index contributed by atoms with van der Waals surface area (Å²) >= 11 is 18.8. The summed E-state index contributed by atoms with van der Waals surface area (Å²) in [5.41, 5.74) is 3.37. The fourth-order valence-corrected chi connectivity index (χ4v) is 5.09. The molecule has 2 aromatic carbocycles. The van der Waals surface area contributed by atoms with Crippen molar-refractivity contribution < 1.29 is 4.79 Å². The van der Waals surface area contributed by atoms with E-state index in [4.69, 9.17) is 34.8 Å². The largest absolute Gasteiger partial charge is 0.355 e. The first-order valence-electron chi connectivity index (χ1n) is 8.62. The second kappa shape index (κ2) is 6.92. The van der Waals surface area contributed by atoms with E-state index < -0.39 is 0 Å². The standard InChI is InChI=1S/C21H18Cl3NO/c1-11-8-16-17(10-25-21(16)26)20(12-2-4-13(22)5-3-12)19(11)15-7-6-14(23)9-18(15)24/h2-9,16-17,19-20H,10H2,1H3,(H,25,26). The van der Waals surface area contributed by atoms with Gasteiger partial charge in [0.15, 0.2) is 0 Å². The minimum absolute atomic E-state index is 0.0925. The molecule has 0 spiro atoms. The quantitative estimate of drug-likeness (QED) is 0.624. The number of carbonyl (C=O) groups excluding carboxylic acids is 1. The molecule has 2 nitrogen and oxygen atoms in total. The first-order valence-corrected chi connectivity index (χ1v) is 9.75. The third-order valence-corrected chi connectivity index (χ3v) is 6.40. The van der Waals surface area contributed by atoms with Gasteiger partial charge in [0.25, 0.3) is 0 Å². The van der Waals surface area contributed by atoms with Gasteiger partial charge in [0.1, 0.15) is 0 Å². The van der Waals surface area contributed by atoms with Gasteiger partial charge < -0.3 is 5.32 Å². The molecule has 1 fully saturated rings. The molecule has 4 rings (SSSR count). The summed E-state index contributed by atoms with van der Waals surface area (Å²) in [6.07, 6.45) is 2.11. The van der Waals surface area contributed by atoms with Crippen molar-refractivity contribution in [1.82, 2.24) is 5.32 Å². The predicted molar refractivity (Wildman–Crippen MR) is 107 cm³/mol. The van der Waals surface area contributed by atoms with Crippen LogP contribution in [0.4, 0.5) is 0 Å². The van der Waals surface area contributed by atoms with Gasteiger partial charge >= 0.3 is 0 Å². The number of nitrogens with one attached hydrogen (secondary N) is 1. The molecule has 4 unspecified atom stereocenters. The maximum Gasteiger partial charge on any atom is 0.227 e. The van der Waals surface area contributed by atoms with Crippen LogP contribution in [0.25, 0.3) is 0 Å². The Morgan fingerprint density at radius 2 is 1.69 bits per heavy atom. The molecule has 5 heteroatoms. The van der Waals surface area contributed by atoms with Crippen LogP contribution in [-0.2, 0) is 4.79 Å². The number of rotatable bonds is 2. The fourth-order valence-electron chi connectivity index (χ4n) is 4.44. The Bertz CT molecular complexity index is 891. The van der Waals surface area contributed by atoms with E-state index in [1.54, 1.807) is 6.07 Å². The molecular formula is C21H18Cl3NO. The van der Waals surface area contributed by atoms with Gasteiger partial charge in [-0.15, -0.1) is 0 Å². The highest BCUT2D eigenvalue weighted by atomic mass is 35.5. The zero-order valence-corrected chi connectivity index (χ0v) is 16.4. The highest BCUT2D eigenvalue weighted by molar-refractivity contribution is 6.35. The number of carbonyl (C=O) groups is 1. The lowest BCUT2D eigenvalue weighted by Crippen LogP contribution is -2.31. The van der Waals surface area contributed by atoms with Crippen LogP contribution in [0.2, 0.25) is 15.1 Å². The lowest BCUT2D eigenvalue weighted by Gasteiger charge is -2.39. The third-order valence-electron chi connectivity index (χ3n) is 5.58. The second-order valence-electron chi connectivity index (χ2n) is 7.07. The number of allylic oxidation sites excluding steroid dienone is 1. The van der Waals surface area contributed by atoms with Crippen molar-refractivity contribution in [3.05, 3.63) is 80.3 Å². The molecule has 1 heterocycles. The Labute approximate surface area is 168 Å². The minimum atomic E-state index is -0.0991. The Kier molecular flexibility index (Phi) is 4.77. The predicted octanol–water partition coefficient (Wildman–Crippen LogP) is 5.84. The number of hydrogen-bond donors (Lipinski definition) is 1. The zero-order valence-electron chi connectivity index (χ0n) is 14.2. The first-order chi connectivity index (χ1) is 12.5. The van der Waals surface area contributed by atoms with E-state index in [1.165, 1.54) is 5.56 Å². The Balaban J connectivity index is 1.88. The second-order valence-corrected chi connectivity index (χ2v) is 8.35. The summed E-state index contributed by atoms with van der Waals surface area (Å²) in [5, 5.41) is 5.01. The van der Waals surface area contributed by atoms with Crippen LogP contribution in [0.3, 0.4) is 0 Å². The molecule has 0 bridgehead atoms. The van der Waals surface area contributed by atoms with Crippen LogP contribution >= 0.6 is 34.8 Å². The van der Waals surface area contributed by atoms with E-state index in [0.717, 1.165) is 11.1 Å². The molecule has 0 saturated carbocycles. The fraction of sp³-hybridized carbons (Fsp3) is 0.286. The van der Waals surface area contributed by atoms with E-state index in [9.17, 15) is 4.79 Å². The summed E-state index contributed by atoms with van der Waals surface area (Å²) in [5.74, 6) is 0.422. The van der Waals surface area contributed by atoms with Gasteiger partial charge in [0, 0.05) is 33.4 Å². The molecule has 134 valence electrons. The number of halogens is 3. The molecule has 0 aromatic heterocycles. The normalized spacial score (nSPS) is 27.7. The average Bonchev–Trinajstić information content (AvgIpc) is 2.96. The van der Waals surface area contributed by atoms with Crippen molar-refractivity contribution in [1.29, 1.82) is 0 Å². The number of amides is 1. The van der Waals surface area contributed by atoms with Crippen LogP contribution in [0, 0.1) is 11.8 Å². The van der Waals surface area contributed by atoms with Crippen LogP contribution < -0.4 is 5.32 Å². The van der Waals surface area contributed by atoms with Crippen LogP contribution in [0.1, 0.15) is 29.9 Å². The molecular weight excluding hydrogens is 389 g/mol. The number of benzene rings is 2. The van der Waals surface area contributed by atoms with E-state index in [0.29, 0.717) is 21.6 Å². The molecule has 4 atom stereocenters. The summed E-state index contributed by atoms with van der Waals surface area (Å²) < 4.78 is 0. The highest BCUT2D eigenvalue weighted by Crippen LogP contribution is 2.52. The van der Waals surface area contributed by atoms with Gasteiger partial charge in [0.05, 0.1) is 5.92 Å². The van der Waals surface area contributed by atoms with Crippen molar-refractivity contribution in [2.75, 3.05) is 6.54 Å². The molecule has 2 aromatic rings. The van der Waals surface area contributed by atoms with Gasteiger partial charge in [0.2, 0.25) is 5.91 Å². The molecule has 2 aliphatic rings. The van der Waals surface area contributed by atoms with Gasteiger partial charge in [-0.25, -0.2) is 0 Å². The average molecular weight is 407 g/mol. The van der Waals surface area contributed by atoms with Gasteiger partial charge in [-0.3, -0.25) is 4.79 Å². The van der Waals surface area contributed by atoms with Crippen LogP contribution in [-0.4, -0.2) is 12.5 Å². The Hall–Kier alpha value is -1.48. The Morgan fingerprint density at radius 3 is 2.38 bits per heavy atom. The molecule has 1 amide bonds. The summed E-state index contributed by atoms with van der Waals surface area (Å²) in [4.78, 5) is 12.3. The molecule has 1 saturated heterocycles. The van der Waals surface area contributed by atoms with Crippen molar-refractivity contribution in [3.8, 4) is 0 Å². The highest BCUT2D eigenvalue weighted by Gasteiger charge is 2.46. The summed E-state index contributed by atoms with van der Waals surface area (Å²) in [6.45, 7) is 2.75. The van der Waals surface area contributed by atoms with Crippen LogP contribution in [0.15, 0.2) is 54.1 Å². The molecule has 1 N–H and O–H groups in total. The monoisotopic (exact) mass is 405 g/mol. The topological polar surface area (TPSA) is 29.1 Å². The molecule has 0 radical (unpaired) electrons.